The third kappa shape index (κ3) is 1.86. The molecule has 1 aromatic heterocycles. The van der Waals surface area contributed by atoms with Crippen molar-refractivity contribution in [1.82, 2.24) is 0 Å². The van der Waals surface area contributed by atoms with E-state index in [4.69, 9.17) is 4.42 Å². The Labute approximate surface area is 113 Å². The van der Waals surface area contributed by atoms with Crippen molar-refractivity contribution in [2.45, 2.75) is 6.92 Å². The molecule has 3 rings (SSSR count). The van der Waals surface area contributed by atoms with Crippen LogP contribution in [0, 0.1) is 12.7 Å². The lowest BCUT2D eigenvalue weighted by molar-refractivity contribution is 0.447. The molecule has 100 valence electrons. The molecule has 0 radical (unpaired) electrons. The molecule has 2 aromatic carbocycles. The molecule has 0 saturated carbocycles. The number of aryl methyl sites for hydroxylation is 1. The summed E-state index contributed by atoms with van der Waals surface area (Å²) in [4.78, 5) is 12.2. The van der Waals surface area contributed by atoms with E-state index in [0.717, 1.165) is 5.56 Å². The molecule has 0 spiro atoms. The first-order valence-electron chi connectivity index (χ1n) is 6.09. The van der Waals surface area contributed by atoms with E-state index in [1.165, 1.54) is 18.2 Å². The maximum absolute atomic E-state index is 13.8. The second-order valence-electron chi connectivity index (χ2n) is 4.59. The monoisotopic (exact) mass is 270 g/mol. The smallest absolute Gasteiger partial charge is 0.235 e. The van der Waals surface area contributed by atoms with Crippen LogP contribution in [-0.4, -0.2) is 5.11 Å². The molecule has 1 N–H and O–H groups in total. The number of rotatable bonds is 1. The van der Waals surface area contributed by atoms with Gasteiger partial charge in [-0.25, -0.2) is 4.39 Å². The highest BCUT2D eigenvalue weighted by atomic mass is 19.1. The van der Waals surface area contributed by atoms with Crippen LogP contribution in [0.5, 0.6) is 5.75 Å². The predicted octanol–water partition coefficient (Wildman–Crippen LogP) is 3.61. The molecular weight excluding hydrogens is 259 g/mol. The highest BCUT2D eigenvalue weighted by Crippen LogP contribution is 2.31. The van der Waals surface area contributed by atoms with Crippen LogP contribution >= 0.6 is 0 Å². The van der Waals surface area contributed by atoms with Crippen molar-refractivity contribution in [3.63, 3.8) is 0 Å². The fourth-order valence-corrected chi connectivity index (χ4v) is 2.13. The van der Waals surface area contributed by atoms with Gasteiger partial charge in [0.2, 0.25) is 11.2 Å². The molecule has 0 aliphatic heterocycles. The van der Waals surface area contributed by atoms with Crippen LogP contribution in [0.1, 0.15) is 5.56 Å². The van der Waals surface area contributed by atoms with Crippen molar-refractivity contribution in [3.05, 3.63) is 64.1 Å². The number of aromatic hydroxyl groups is 1. The van der Waals surface area contributed by atoms with Crippen LogP contribution in [0.3, 0.4) is 0 Å². The Bertz CT molecular complexity index is 865. The van der Waals surface area contributed by atoms with E-state index in [2.05, 4.69) is 0 Å². The maximum atomic E-state index is 13.8. The molecular formula is C16H11FO3. The van der Waals surface area contributed by atoms with E-state index in [1.54, 1.807) is 24.3 Å². The topological polar surface area (TPSA) is 50.4 Å². The summed E-state index contributed by atoms with van der Waals surface area (Å²) in [6.45, 7) is 1.83. The van der Waals surface area contributed by atoms with Gasteiger partial charge >= 0.3 is 0 Å². The lowest BCUT2D eigenvalue weighted by atomic mass is 10.1. The van der Waals surface area contributed by atoms with E-state index in [0.29, 0.717) is 5.58 Å². The lowest BCUT2D eigenvalue weighted by Crippen LogP contribution is -2.03. The first-order chi connectivity index (χ1) is 9.58. The number of hydrogen-bond donors (Lipinski definition) is 1. The van der Waals surface area contributed by atoms with Crippen molar-refractivity contribution < 1.29 is 13.9 Å². The Morgan fingerprint density at radius 3 is 2.65 bits per heavy atom. The minimum absolute atomic E-state index is 0.0598. The van der Waals surface area contributed by atoms with Gasteiger partial charge in [0.25, 0.3) is 0 Å². The number of benzene rings is 2. The van der Waals surface area contributed by atoms with E-state index >= 15 is 0 Å². The summed E-state index contributed by atoms with van der Waals surface area (Å²) < 4.78 is 19.3. The summed E-state index contributed by atoms with van der Waals surface area (Å²) in [6.07, 6.45) is 0. The molecule has 4 heteroatoms. The number of halogens is 1. The summed E-state index contributed by atoms with van der Waals surface area (Å²) in [5.41, 5.74) is 0.692. The van der Waals surface area contributed by atoms with Crippen molar-refractivity contribution in [2.24, 2.45) is 0 Å². The number of fused-ring (bicyclic) bond motifs is 1. The van der Waals surface area contributed by atoms with Gasteiger partial charge in [-0.05, 0) is 31.2 Å². The normalized spacial score (nSPS) is 10.9. The molecule has 0 bridgehead atoms. The molecule has 0 saturated heterocycles. The minimum Gasteiger partial charge on any atom is -0.502 e. The Hall–Kier alpha value is -2.62. The van der Waals surface area contributed by atoms with Gasteiger partial charge in [-0.15, -0.1) is 0 Å². The molecule has 0 fully saturated rings. The first-order valence-corrected chi connectivity index (χ1v) is 6.09. The van der Waals surface area contributed by atoms with Gasteiger partial charge in [0.15, 0.2) is 5.76 Å². The van der Waals surface area contributed by atoms with Gasteiger partial charge < -0.3 is 9.52 Å². The molecule has 0 aliphatic carbocycles. The van der Waals surface area contributed by atoms with Crippen LogP contribution in [-0.2, 0) is 0 Å². The molecule has 0 amide bonds. The zero-order chi connectivity index (χ0) is 14.3. The fraction of sp³-hybridized carbons (Fsp3) is 0.0625. The van der Waals surface area contributed by atoms with Gasteiger partial charge in [-0.1, -0.05) is 23.8 Å². The molecule has 3 nitrogen and oxygen atoms in total. The summed E-state index contributed by atoms with van der Waals surface area (Å²) in [7, 11) is 0. The molecule has 0 aliphatic rings. The quantitative estimate of drug-likeness (QED) is 0.734. The predicted molar refractivity (Wildman–Crippen MR) is 74.3 cm³/mol. The first kappa shape index (κ1) is 12.4. The lowest BCUT2D eigenvalue weighted by Gasteiger charge is -2.07. The molecule has 0 atom stereocenters. The van der Waals surface area contributed by atoms with E-state index < -0.39 is 17.0 Å². The average Bonchev–Trinajstić information content (AvgIpc) is 2.44. The van der Waals surface area contributed by atoms with Crippen LogP contribution in [0.15, 0.2) is 51.7 Å². The Morgan fingerprint density at radius 2 is 1.90 bits per heavy atom. The van der Waals surface area contributed by atoms with Gasteiger partial charge in [-0.3, -0.25) is 4.79 Å². The molecule has 0 unspecified atom stereocenters. The summed E-state index contributed by atoms with van der Waals surface area (Å²) in [6, 6.07) is 10.9. The SMILES string of the molecule is Cc1ccc2oc(-c3ccccc3F)c(O)c(=O)c2c1. The van der Waals surface area contributed by atoms with Gasteiger partial charge in [0.05, 0.1) is 10.9 Å². The Kier molecular flexibility index (Phi) is 2.79. The van der Waals surface area contributed by atoms with E-state index in [9.17, 15) is 14.3 Å². The second-order valence-corrected chi connectivity index (χ2v) is 4.59. The Morgan fingerprint density at radius 1 is 1.15 bits per heavy atom. The van der Waals surface area contributed by atoms with Gasteiger partial charge in [0, 0.05) is 0 Å². The van der Waals surface area contributed by atoms with Crippen LogP contribution in [0.2, 0.25) is 0 Å². The largest absolute Gasteiger partial charge is 0.502 e. The highest BCUT2D eigenvalue weighted by Gasteiger charge is 2.17. The molecule has 1 heterocycles. The Balaban J connectivity index is 2.39. The second kappa shape index (κ2) is 4.49. The van der Waals surface area contributed by atoms with Crippen LogP contribution < -0.4 is 5.43 Å². The maximum Gasteiger partial charge on any atom is 0.235 e. The van der Waals surface area contributed by atoms with Gasteiger partial charge in [0.1, 0.15) is 11.4 Å². The van der Waals surface area contributed by atoms with Crippen molar-refractivity contribution in [2.75, 3.05) is 0 Å². The van der Waals surface area contributed by atoms with Crippen molar-refractivity contribution in [3.8, 4) is 17.1 Å². The highest BCUT2D eigenvalue weighted by molar-refractivity contribution is 5.82. The van der Waals surface area contributed by atoms with Crippen LogP contribution in [0.25, 0.3) is 22.3 Å². The zero-order valence-corrected chi connectivity index (χ0v) is 10.7. The average molecular weight is 270 g/mol. The van der Waals surface area contributed by atoms with Crippen LogP contribution in [0.4, 0.5) is 4.39 Å². The van der Waals surface area contributed by atoms with E-state index in [-0.39, 0.29) is 16.7 Å². The van der Waals surface area contributed by atoms with Crippen molar-refractivity contribution in [1.29, 1.82) is 0 Å². The molecule has 3 aromatic rings. The summed E-state index contributed by atoms with van der Waals surface area (Å²) in [5.74, 6) is -1.28. The third-order valence-electron chi connectivity index (χ3n) is 3.14. The standard InChI is InChI=1S/C16H11FO3/c1-9-6-7-13-11(8-9)14(18)15(19)16(20-13)10-4-2-3-5-12(10)17/h2-8,19H,1H3. The summed E-state index contributed by atoms with van der Waals surface area (Å²) in [5, 5.41) is 10.3. The minimum atomic E-state index is -0.576. The van der Waals surface area contributed by atoms with E-state index in [1.807, 2.05) is 6.92 Å². The fourth-order valence-electron chi connectivity index (χ4n) is 2.13. The van der Waals surface area contributed by atoms with Gasteiger partial charge in [-0.2, -0.15) is 0 Å². The number of hydrogen-bond acceptors (Lipinski definition) is 3. The van der Waals surface area contributed by atoms with Crippen molar-refractivity contribution >= 4 is 11.0 Å². The molecule has 20 heavy (non-hydrogen) atoms. The summed E-state index contributed by atoms with van der Waals surface area (Å²) >= 11 is 0. The zero-order valence-electron chi connectivity index (χ0n) is 10.7. The third-order valence-corrected chi connectivity index (χ3v) is 3.14.